The van der Waals surface area contributed by atoms with E-state index in [-0.39, 0.29) is 0 Å². The third kappa shape index (κ3) is 4.90. The molecule has 0 saturated heterocycles. The fraction of sp³-hybridized carbons (Fsp3) is 0. The average molecular weight is 693 g/mol. The SMILES string of the molecule is c1ccc2cc(-c3ccc(-c4nc5cnc(-c6ccc(-c7cccc8ccccc78)cc6)nc5c5c4ccc4c6ccccc6sc45)cc3)ncc2c1. The molecule has 4 nitrogen and oxygen atoms in total. The molecule has 7 aromatic carbocycles. The van der Waals surface area contributed by atoms with Gasteiger partial charge in [0, 0.05) is 59.2 Å². The summed E-state index contributed by atoms with van der Waals surface area (Å²) in [6.45, 7) is 0. The van der Waals surface area contributed by atoms with E-state index in [2.05, 4.69) is 152 Å². The van der Waals surface area contributed by atoms with Crippen molar-refractivity contribution in [1.29, 1.82) is 0 Å². The zero-order valence-electron chi connectivity index (χ0n) is 28.4. The molecule has 53 heavy (non-hydrogen) atoms. The number of fused-ring (bicyclic) bond motifs is 9. The largest absolute Gasteiger partial charge is 0.256 e. The van der Waals surface area contributed by atoms with Crippen LogP contribution in [0.2, 0.25) is 0 Å². The van der Waals surface area contributed by atoms with Crippen LogP contribution in [0.1, 0.15) is 0 Å². The van der Waals surface area contributed by atoms with Gasteiger partial charge in [-0.05, 0) is 39.4 Å². The van der Waals surface area contributed by atoms with E-state index < -0.39 is 0 Å². The monoisotopic (exact) mass is 692 g/mol. The van der Waals surface area contributed by atoms with Crippen LogP contribution in [0.3, 0.4) is 0 Å². The van der Waals surface area contributed by atoms with Crippen LogP contribution in [0.4, 0.5) is 0 Å². The van der Waals surface area contributed by atoms with Gasteiger partial charge < -0.3 is 0 Å². The Labute approximate surface area is 308 Å². The Balaban J connectivity index is 1.07. The van der Waals surface area contributed by atoms with Crippen LogP contribution in [0.5, 0.6) is 0 Å². The van der Waals surface area contributed by atoms with Crippen molar-refractivity contribution >= 4 is 74.9 Å². The minimum absolute atomic E-state index is 0.683. The van der Waals surface area contributed by atoms with E-state index in [4.69, 9.17) is 19.9 Å². The van der Waals surface area contributed by atoms with Crippen LogP contribution in [0.15, 0.2) is 170 Å². The lowest BCUT2D eigenvalue weighted by molar-refractivity contribution is 1.21. The van der Waals surface area contributed by atoms with E-state index >= 15 is 0 Å². The number of hydrogen-bond donors (Lipinski definition) is 0. The molecule has 0 saturated carbocycles. The fourth-order valence-corrected chi connectivity index (χ4v) is 8.97. The molecule has 0 amide bonds. The van der Waals surface area contributed by atoms with Crippen LogP contribution in [0.25, 0.3) is 109 Å². The Morgan fingerprint density at radius 1 is 0.434 bits per heavy atom. The molecule has 0 bridgehead atoms. The first-order valence-electron chi connectivity index (χ1n) is 17.7. The Hall–Kier alpha value is -6.82. The van der Waals surface area contributed by atoms with E-state index in [1.807, 2.05) is 29.8 Å². The van der Waals surface area contributed by atoms with Gasteiger partial charge in [0.05, 0.1) is 17.6 Å². The van der Waals surface area contributed by atoms with Crippen molar-refractivity contribution < 1.29 is 0 Å². The van der Waals surface area contributed by atoms with Crippen molar-refractivity contribution in [2.75, 3.05) is 0 Å². The lowest BCUT2D eigenvalue weighted by atomic mass is 9.97. The van der Waals surface area contributed by atoms with Crippen molar-refractivity contribution in [2.24, 2.45) is 0 Å². The molecule has 5 heteroatoms. The summed E-state index contributed by atoms with van der Waals surface area (Å²) in [6, 6.07) is 55.8. The molecule has 11 aromatic rings. The summed E-state index contributed by atoms with van der Waals surface area (Å²) >= 11 is 1.82. The molecule has 0 unspecified atom stereocenters. The summed E-state index contributed by atoms with van der Waals surface area (Å²) in [5, 5.41) is 9.46. The predicted octanol–water partition coefficient (Wildman–Crippen LogP) is 12.9. The van der Waals surface area contributed by atoms with Gasteiger partial charge in [0.25, 0.3) is 0 Å². The second kappa shape index (κ2) is 11.9. The highest BCUT2D eigenvalue weighted by Gasteiger charge is 2.18. The number of aromatic nitrogens is 4. The Morgan fingerprint density at radius 2 is 1.11 bits per heavy atom. The minimum atomic E-state index is 0.683. The predicted molar refractivity (Wildman–Crippen MR) is 222 cm³/mol. The highest BCUT2D eigenvalue weighted by molar-refractivity contribution is 7.26. The molecule has 4 heterocycles. The van der Waals surface area contributed by atoms with E-state index in [0.29, 0.717) is 5.82 Å². The van der Waals surface area contributed by atoms with Gasteiger partial charge in [0.2, 0.25) is 0 Å². The van der Waals surface area contributed by atoms with Crippen LogP contribution in [0, 0.1) is 0 Å². The van der Waals surface area contributed by atoms with Crippen molar-refractivity contribution in [3.63, 3.8) is 0 Å². The third-order valence-corrected chi connectivity index (χ3v) is 11.6. The average Bonchev–Trinajstić information content (AvgIpc) is 3.62. The van der Waals surface area contributed by atoms with E-state index in [0.717, 1.165) is 60.8 Å². The maximum atomic E-state index is 5.28. The quantitative estimate of drug-likeness (QED) is 0.172. The highest BCUT2D eigenvalue weighted by Crippen LogP contribution is 2.43. The van der Waals surface area contributed by atoms with Crippen molar-refractivity contribution in [3.05, 3.63) is 170 Å². The number of pyridine rings is 2. The molecule has 246 valence electrons. The van der Waals surface area contributed by atoms with E-state index in [1.165, 1.54) is 41.9 Å². The Morgan fingerprint density at radius 3 is 1.98 bits per heavy atom. The van der Waals surface area contributed by atoms with Crippen molar-refractivity contribution in [1.82, 2.24) is 19.9 Å². The molecule has 0 aliphatic heterocycles. The van der Waals surface area contributed by atoms with E-state index in [9.17, 15) is 0 Å². The van der Waals surface area contributed by atoms with Crippen molar-refractivity contribution in [2.45, 2.75) is 0 Å². The maximum absolute atomic E-state index is 5.28. The molecule has 0 aliphatic carbocycles. The summed E-state index contributed by atoms with van der Waals surface area (Å²) in [7, 11) is 0. The van der Waals surface area contributed by atoms with Crippen LogP contribution in [-0.4, -0.2) is 19.9 Å². The van der Waals surface area contributed by atoms with Gasteiger partial charge in [-0.1, -0.05) is 146 Å². The number of nitrogens with zero attached hydrogens (tertiary/aromatic N) is 4. The van der Waals surface area contributed by atoms with Gasteiger partial charge in [-0.3, -0.25) is 4.98 Å². The van der Waals surface area contributed by atoms with Gasteiger partial charge in [-0.15, -0.1) is 11.3 Å². The lowest BCUT2D eigenvalue weighted by Crippen LogP contribution is -1.96. The second-order valence-electron chi connectivity index (χ2n) is 13.4. The first-order chi connectivity index (χ1) is 26.2. The number of thiophene rings is 1. The summed E-state index contributed by atoms with van der Waals surface area (Å²) in [5.41, 5.74) is 8.95. The smallest absolute Gasteiger partial charge is 0.159 e. The van der Waals surface area contributed by atoms with Crippen LogP contribution < -0.4 is 0 Å². The number of rotatable bonds is 4. The second-order valence-corrected chi connectivity index (χ2v) is 14.5. The van der Waals surface area contributed by atoms with Gasteiger partial charge in [-0.25, -0.2) is 15.0 Å². The van der Waals surface area contributed by atoms with Gasteiger partial charge >= 0.3 is 0 Å². The zero-order chi connectivity index (χ0) is 34.9. The van der Waals surface area contributed by atoms with Gasteiger partial charge in [-0.2, -0.15) is 0 Å². The Kier molecular flexibility index (Phi) is 6.69. The maximum Gasteiger partial charge on any atom is 0.159 e. The first kappa shape index (κ1) is 29.9. The van der Waals surface area contributed by atoms with Crippen LogP contribution >= 0.6 is 11.3 Å². The molecule has 0 radical (unpaired) electrons. The zero-order valence-corrected chi connectivity index (χ0v) is 29.2. The van der Waals surface area contributed by atoms with E-state index in [1.54, 1.807) is 0 Å². The normalized spacial score (nSPS) is 11.8. The van der Waals surface area contributed by atoms with Gasteiger partial charge in [0.15, 0.2) is 5.82 Å². The summed E-state index contributed by atoms with van der Waals surface area (Å²) in [4.78, 5) is 20.2. The molecule has 11 rings (SSSR count). The minimum Gasteiger partial charge on any atom is -0.256 e. The molecular formula is C48H28N4S. The first-order valence-corrected chi connectivity index (χ1v) is 18.5. The fourth-order valence-electron chi connectivity index (χ4n) is 7.72. The van der Waals surface area contributed by atoms with Crippen LogP contribution in [-0.2, 0) is 0 Å². The highest BCUT2D eigenvalue weighted by atomic mass is 32.1. The Bertz CT molecular complexity index is 3210. The molecule has 0 fully saturated rings. The summed E-state index contributed by atoms with van der Waals surface area (Å²) < 4.78 is 2.47. The number of hydrogen-bond acceptors (Lipinski definition) is 5. The molecule has 0 atom stereocenters. The standard InChI is InChI=1S/C48H28N4S/c1-2-10-35-27-49-41(26-34(35)9-1)31-18-20-32(21-19-31)45-40-25-24-39-38-13-5-6-15-43(38)53-47(39)44(40)46-42(51-45)28-50-48(52-46)33-22-16-30(17-23-33)37-14-7-11-29-8-3-4-12-36(29)37/h1-28H. The molecule has 0 N–H and O–H groups in total. The third-order valence-electron chi connectivity index (χ3n) is 10.4. The topological polar surface area (TPSA) is 51.6 Å². The molecular weight excluding hydrogens is 665 g/mol. The summed E-state index contributed by atoms with van der Waals surface area (Å²) in [5.74, 6) is 0.683. The molecule has 4 aromatic heterocycles. The molecule has 0 spiro atoms. The van der Waals surface area contributed by atoms with Gasteiger partial charge in [0.1, 0.15) is 11.0 Å². The lowest BCUT2D eigenvalue weighted by Gasteiger charge is -2.12. The molecule has 0 aliphatic rings. The van der Waals surface area contributed by atoms with Crippen molar-refractivity contribution in [3.8, 4) is 45.0 Å². The number of benzene rings is 7. The summed E-state index contributed by atoms with van der Waals surface area (Å²) in [6.07, 6.45) is 3.83.